The van der Waals surface area contributed by atoms with Crippen LogP contribution in [0.25, 0.3) is 0 Å². The summed E-state index contributed by atoms with van der Waals surface area (Å²) >= 11 is 0. The molecule has 318 valence electrons. The third kappa shape index (κ3) is 15.2. The molecule has 58 heavy (non-hydrogen) atoms. The maximum absolute atomic E-state index is 13.2. The Morgan fingerprint density at radius 2 is 0.879 bits per heavy atom. The van der Waals surface area contributed by atoms with Gasteiger partial charge >= 0.3 is 29.5 Å². The molecule has 0 spiro atoms. The number of carbonyl (C=O) groups is 2. The fourth-order valence-corrected chi connectivity index (χ4v) is 11.1. The van der Waals surface area contributed by atoms with Gasteiger partial charge in [0, 0.05) is 77.2 Å². The number of hydrogen-bond acceptors (Lipinski definition) is 14. The third-order valence-corrected chi connectivity index (χ3v) is 14.6. The van der Waals surface area contributed by atoms with Gasteiger partial charge in [-0.2, -0.15) is 0 Å². The number of benzene rings is 3. The predicted molar refractivity (Wildman–Crippen MR) is 227 cm³/mol. The number of esters is 2. The molecule has 3 aromatic rings. The number of carbonyl (C=O) groups excluding carboxylic acids is 2. The van der Waals surface area contributed by atoms with E-state index in [0.29, 0.717) is 76.3 Å². The van der Waals surface area contributed by atoms with Crippen molar-refractivity contribution in [3.63, 3.8) is 0 Å². The second-order valence-corrected chi connectivity index (χ2v) is 17.9. The van der Waals surface area contributed by atoms with E-state index in [2.05, 4.69) is 9.98 Å². The Kier molecular flexibility index (Phi) is 21.5. The van der Waals surface area contributed by atoms with Gasteiger partial charge in [0.05, 0.1) is 25.3 Å². The molecule has 0 bridgehead atoms. The zero-order valence-corrected chi connectivity index (χ0v) is 37.2. The maximum atomic E-state index is 13.2. The second kappa shape index (κ2) is 26.0. The van der Waals surface area contributed by atoms with Gasteiger partial charge in [-0.25, -0.2) is 9.59 Å². The summed E-state index contributed by atoms with van der Waals surface area (Å²) in [7, 11) is -2.48. The summed E-state index contributed by atoms with van der Waals surface area (Å²) in [5.74, 6) is -0.243. The lowest BCUT2D eigenvalue weighted by Crippen LogP contribution is -2.46. The summed E-state index contributed by atoms with van der Waals surface area (Å²) in [5, 5.41) is 0. The fourth-order valence-electron chi connectivity index (χ4n) is 5.90. The van der Waals surface area contributed by atoms with E-state index in [9.17, 15) is 9.59 Å². The van der Waals surface area contributed by atoms with Crippen molar-refractivity contribution in [2.24, 2.45) is 9.98 Å². The first kappa shape index (κ1) is 48.1. The van der Waals surface area contributed by atoms with E-state index in [4.69, 9.17) is 45.5 Å². The molecule has 0 saturated heterocycles. The minimum Gasteiger partial charge on any atom is -0.493 e. The van der Waals surface area contributed by atoms with Crippen LogP contribution in [0.2, 0.25) is 12.1 Å². The van der Waals surface area contributed by atoms with Crippen molar-refractivity contribution in [3.05, 3.63) is 82.9 Å². The molecule has 3 aromatic carbocycles. The number of aliphatic imine (C=N–C) groups is 2. The number of rotatable bonds is 28. The third-order valence-electron chi connectivity index (χ3n) is 8.32. The highest BCUT2D eigenvalue weighted by molar-refractivity contribution is 6.61. The first-order valence-corrected chi connectivity index (χ1v) is 23.7. The van der Waals surface area contributed by atoms with Gasteiger partial charge in [0.15, 0.2) is 23.0 Å². The number of hydrogen-bond donors (Lipinski definition) is 0. The molecule has 0 N–H and O–H groups in total. The topological polar surface area (TPSA) is 151 Å². The number of nitrogens with zero attached hydrogens (tertiary/aromatic N) is 2. The van der Waals surface area contributed by atoms with Crippen LogP contribution >= 0.6 is 0 Å². The van der Waals surface area contributed by atoms with E-state index in [1.54, 1.807) is 67.0 Å². The average molecular weight is 841 g/mol. The van der Waals surface area contributed by atoms with Crippen LogP contribution in [0.3, 0.4) is 0 Å². The quantitative estimate of drug-likeness (QED) is 0.0230. The Morgan fingerprint density at radius 1 is 0.517 bits per heavy atom. The average Bonchev–Trinajstić information content (AvgIpc) is 3.22. The molecule has 14 nitrogen and oxygen atoms in total. The van der Waals surface area contributed by atoms with Crippen molar-refractivity contribution in [1.82, 2.24) is 0 Å². The minimum atomic E-state index is -2.72. The molecule has 0 radical (unpaired) electrons. The van der Waals surface area contributed by atoms with Crippen LogP contribution < -0.4 is 18.9 Å². The van der Waals surface area contributed by atoms with Crippen molar-refractivity contribution in [3.8, 4) is 23.0 Å². The van der Waals surface area contributed by atoms with Crippen LogP contribution in [0.15, 0.2) is 70.6 Å². The Hall–Kier alpha value is -4.27. The standard InChI is InChI=1S/C42H60N2O12Si2/c1-9-49-57(50-10-2,51-11-3)26-16-24-43-31-33-20-22-37(39(28-33)47-7)55-41(45)35-18-15-19-36(30-35)42(46)56-38-23-21-34(29-40(38)48-8)32-44-25-17-27-58(52-12-4,53-13-5)54-14-6/h15,18-23,28-32H,9-14,16-17,24-27H2,1-8H3/b43-31+,44-32+. The lowest BCUT2D eigenvalue weighted by atomic mass is 10.1. The maximum Gasteiger partial charge on any atom is 0.500 e. The fraction of sp³-hybridized carbons (Fsp3) is 0.476. The molecule has 0 aromatic heterocycles. The zero-order valence-electron chi connectivity index (χ0n) is 35.2. The number of ether oxygens (including phenoxy) is 4. The molecule has 3 rings (SSSR count). The zero-order chi connectivity index (χ0) is 42.2. The van der Waals surface area contributed by atoms with Crippen molar-refractivity contribution in [2.45, 2.75) is 66.5 Å². The lowest BCUT2D eigenvalue weighted by molar-refractivity contribution is 0.0702. The van der Waals surface area contributed by atoms with Crippen LogP contribution in [0.4, 0.5) is 0 Å². The van der Waals surface area contributed by atoms with E-state index in [1.807, 2.05) is 41.5 Å². The Bertz CT molecular complexity index is 1620. The van der Waals surface area contributed by atoms with Crippen molar-refractivity contribution >= 4 is 42.0 Å². The molecule has 0 aliphatic heterocycles. The molecule has 16 heteroatoms. The summed E-state index contributed by atoms with van der Waals surface area (Å²) in [6.07, 6.45) is 4.94. The van der Waals surface area contributed by atoms with Crippen LogP contribution in [-0.4, -0.2) is 109 Å². The summed E-state index contributed by atoms with van der Waals surface area (Å²) < 4.78 is 57.9. The van der Waals surface area contributed by atoms with Gasteiger partial charge in [0.2, 0.25) is 0 Å². The van der Waals surface area contributed by atoms with E-state index in [-0.39, 0.29) is 22.6 Å². The number of methoxy groups -OCH3 is 2. The molecular formula is C42H60N2O12Si2. The first-order valence-electron chi connectivity index (χ1n) is 19.9. The summed E-state index contributed by atoms with van der Waals surface area (Å²) in [5.41, 5.74) is 1.83. The van der Waals surface area contributed by atoms with E-state index < -0.39 is 29.5 Å². The van der Waals surface area contributed by atoms with Gasteiger partial charge in [-0.05, 0) is 120 Å². The second-order valence-electron chi connectivity index (χ2n) is 12.4. The monoisotopic (exact) mass is 840 g/mol. The molecule has 0 unspecified atom stereocenters. The highest BCUT2D eigenvalue weighted by Gasteiger charge is 2.40. The van der Waals surface area contributed by atoms with Crippen molar-refractivity contribution in [2.75, 3.05) is 67.0 Å². The van der Waals surface area contributed by atoms with Gasteiger partial charge in [-0.15, -0.1) is 0 Å². The van der Waals surface area contributed by atoms with E-state index >= 15 is 0 Å². The SMILES string of the molecule is CCO[Si](CCC/N=C/c1ccc(OC(=O)c2cccc(C(=O)Oc3ccc(/C=N/CCC[Si](OCC)(OCC)OCC)cc3OC)c2)c(OC)c1)(OCC)OCC. The molecule has 0 aliphatic carbocycles. The Balaban J connectivity index is 1.60. The van der Waals surface area contributed by atoms with Gasteiger partial charge < -0.3 is 45.5 Å². The predicted octanol–water partition coefficient (Wildman–Crippen LogP) is 7.86. The summed E-state index contributed by atoms with van der Waals surface area (Å²) in [6, 6.07) is 17.7. The summed E-state index contributed by atoms with van der Waals surface area (Å²) in [6.45, 7) is 15.9. The van der Waals surface area contributed by atoms with E-state index in [0.717, 1.165) is 24.0 Å². The van der Waals surface area contributed by atoms with Gasteiger partial charge in [0.25, 0.3) is 0 Å². The minimum absolute atomic E-state index is 0.148. The van der Waals surface area contributed by atoms with Gasteiger partial charge in [-0.1, -0.05) is 6.07 Å². The molecular weight excluding hydrogens is 781 g/mol. The molecule has 0 amide bonds. The van der Waals surface area contributed by atoms with Crippen LogP contribution in [0, 0.1) is 0 Å². The molecule has 0 aliphatic rings. The van der Waals surface area contributed by atoms with Gasteiger partial charge in [0.1, 0.15) is 0 Å². The van der Waals surface area contributed by atoms with Gasteiger partial charge in [-0.3, -0.25) is 9.98 Å². The van der Waals surface area contributed by atoms with Crippen molar-refractivity contribution < 1.29 is 55.1 Å². The highest BCUT2D eigenvalue weighted by atomic mass is 28.4. The normalized spacial score (nSPS) is 12.0. The Labute approximate surface area is 345 Å². The van der Waals surface area contributed by atoms with Crippen molar-refractivity contribution in [1.29, 1.82) is 0 Å². The van der Waals surface area contributed by atoms with Crippen LogP contribution in [-0.2, 0) is 26.6 Å². The molecule has 0 saturated carbocycles. The largest absolute Gasteiger partial charge is 0.500 e. The van der Waals surface area contributed by atoms with E-state index in [1.165, 1.54) is 20.3 Å². The smallest absolute Gasteiger partial charge is 0.493 e. The summed E-state index contributed by atoms with van der Waals surface area (Å²) in [4.78, 5) is 35.6. The Morgan fingerprint density at radius 3 is 1.21 bits per heavy atom. The molecule has 0 atom stereocenters. The highest BCUT2D eigenvalue weighted by Crippen LogP contribution is 2.30. The molecule has 0 heterocycles. The van der Waals surface area contributed by atoms with Crippen LogP contribution in [0.1, 0.15) is 86.2 Å². The first-order chi connectivity index (χ1) is 28.1. The van der Waals surface area contributed by atoms with Crippen LogP contribution in [0.5, 0.6) is 23.0 Å². The lowest BCUT2D eigenvalue weighted by Gasteiger charge is -2.28. The molecule has 0 fully saturated rings.